The van der Waals surface area contributed by atoms with Crippen molar-refractivity contribution in [3.8, 4) is 0 Å². The van der Waals surface area contributed by atoms with Crippen molar-refractivity contribution < 1.29 is 38.9 Å². The van der Waals surface area contributed by atoms with Crippen molar-refractivity contribution in [2.45, 2.75) is 109 Å². The Morgan fingerprint density at radius 2 is 1.73 bits per heavy atom. The van der Waals surface area contributed by atoms with Gasteiger partial charge in [-0.25, -0.2) is 0 Å². The van der Waals surface area contributed by atoms with Gasteiger partial charge in [0.15, 0.2) is 12.4 Å². The first-order chi connectivity index (χ1) is 19.5. The fourth-order valence-corrected chi connectivity index (χ4v) is 8.38. The summed E-state index contributed by atoms with van der Waals surface area (Å²) in [5.74, 6) is -1.14. The van der Waals surface area contributed by atoms with Gasteiger partial charge in [0.25, 0.3) is 0 Å². The topological polar surface area (TPSA) is 127 Å². The number of carbonyl (C=O) groups excluding carboxylic acids is 4. The van der Waals surface area contributed by atoms with Gasteiger partial charge in [-0.15, -0.1) is 0 Å². The number of hydrogen-bond donors (Lipinski definition) is 2. The molecule has 8 heteroatoms. The molecule has 0 aromatic carbocycles. The lowest BCUT2D eigenvalue weighted by atomic mass is 9.46. The molecule has 2 N–H and O–H groups in total. The van der Waals surface area contributed by atoms with Gasteiger partial charge < -0.3 is 19.7 Å². The third-order valence-electron chi connectivity index (χ3n) is 10.6. The maximum Gasteiger partial charge on any atom is 0.306 e. The Bertz CT molecular complexity index is 1080. The summed E-state index contributed by atoms with van der Waals surface area (Å²) in [7, 11) is 0. The van der Waals surface area contributed by atoms with Gasteiger partial charge in [0.2, 0.25) is 5.78 Å². The van der Waals surface area contributed by atoms with E-state index < -0.39 is 40.9 Å². The molecule has 4 aliphatic rings. The molecule has 0 bridgehead atoms. The maximum atomic E-state index is 13.4. The molecule has 0 aliphatic heterocycles. The van der Waals surface area contributed by atoms with Crippen LogP contribution in [0.2, 0.25) is 0 Å². The lowest BCUT2D eigenvalue weighted by molar-refractivity contribution is -0.181. The van der Waals surface area contributed by atoms with Gasteiger partial charge in [0.1, 0.15) is 5.60 Å². The molecule has 0 spiro atoms. The minimum Gasteiger partial charge on any atom is -0.466 e. The number of rotatable bonds is 13. The zero-order chi connectivity index (χ0) is 29.8. The molecule has 3 saturated carbocycles. The zero-order valence-corrected chi connectivity index (χ0v) is 24.7. The summed E-state index contributed by atoms with van der Waals surface area (Å²) < 4.78 is 10.5. The Labute approximate surface area is 243 Å². The predicted molar refractivity (Wildman–Crippen MR) is 152 cm³/mol. The largest absolute Gasteiger partial charge is 0.466 e. The highest BCUT2D eigenvalue weighted by Crippen LogP contribution is 2.67. The number of aliphatic hydroxyl groups excluding tert-OH is 1. The second-order valence-corrected chi connectivity index (χ2v) is 13.0. The molecular weight excluding hydrogens is 524 g/mol. The van der Waals surface area contributed by atoms with Crippen LogP contribution in [0.4, 0.5) is 0 Å². The quantitative estimate of drug-likeness (QED) is 0.242. The van der Waals surface area contributed by atoms with E-state index in [1.165, 1.54) is 0 Å². The monoisotopic (exact) mass is 571 g/mol. The Morgan fingerprint density at radius 1 is 1.02 bits per heavy atom. The average Bonchev–Trinajstić information content (AvgIpc) is 3.20. The smallest absolute Gasteiger partial charge is 0.306 e. The summed E-state index contributed by atoms with van der Waals surface area (Å²) in [6, 6.07) is 0. The number of esters is 2. The van der Waals surface area contributed by atoms with E-state index in [-0.39, 0.29) is 48.8 Å². The van der Waals surface area contributed by atoms with Gasteiger partial charge in [0.05, 0.1) is 12.7 Å². The van der Waals surface area contributed by atoms with E-state index in [1.807, 2.05) is 13.0 Å². The number of unbranched alkanes of at least 4 members (excludes halogenated alkanes) is 4. The van der Waals surface area contributed by atoms with E-state index in [1.54, 1.807) is 12.2 Å². The average molecular weight is 572 g/mol. The van der Waals surface area contributed by atoms with Gasteiger partial charge in [-0.1, -0.05) is 45.3 Å². The molecule has 3 fully saturated rings. The number of aliphatic hydroxyl groups is 2. The normalized spacial score (nSPS) is 35.6. The van der Waals surface area contributed by atoms with E-state index in [2.05, 4.69) is 13.8 Å². The maximum absolute atomic E-state index is 13.4. The van der Waals surface area contributed by atoms with Crippen LogP contribution in [0.1, 0.15) is 97.3 Å². The second-order valence-electron chi connectivity index (χ2n) is 13.0. The highest BCUT2D eigenvalue weighted by Gasteiger charge is 2.68. The molecule has 3 unspecified atom stereocenters. The molecular formula is C33H47O8. The molecule has 4 rings (SSSR count). The minimum absolute atomic E-state index is 0.0154. The highest BCUT2D eigenvalue weighted by molar-refractivity contribution is 6.01. The molecule has 41 heavy (non-hydrogen) atoms. The standard InChI is InChI=1S/C33H47O8/c1-4-5-7-10-28(37)40-18-9-6-8-11-29(38)41-21-27(36)33(39)17-15-25-24-13-12-22-19-23(34)14-16-31(22,2)30(24)26(35)20-32(25,33)3/h14,16,19,24-26,30,35,39H,1,4-13,15,17-18,20-21H2,2-3H3/t24?,25?,26-,30?,31-,32-,33-/m0/s1. The van der Waals surface area contributed by atoms with Gasteiger partial charge in [0, 0.05) is 29.6 Å². The summed E-state index contributed by atoms with van der Waals surface area (Å²) in [4.78, 5) is 49.3. The van der Waals surface area contributed by atoms with Gasteiger partial charge >= 0.3 is 11.9 Å². The van der Waals surface area contributed by atoms with Crippen molar-refractivity contribution in [1.82, 2.24) is 0 Å². The van der Waals surface area contributed by atoms with Crippen LogP contribution in [0.25, 0.3) is 0 Å². The zero-order valence-electron chi connectivity index (χ0n) is 24.7. The van der Waals surface area contributed by atoms with Crippen LogP contribution in [0.3, 0.4) is 0 Å². The van der Waals surface area contributed by atoms with E-state index in [9.17, 15) is 29.4 Å². The summed E-state index contributed by atoms with van der Waals surface area (Å²) in [6.45, 7) is 7.59. The van der Waals surface area contributed by atoms with Crippen LogP contribution < -0.4 is 0 Å². The summed E-state index contributed by atoms with van der Waals surface area (Å²) >= 11 is 0. The fourth-order valence-electron chi connectivity index (χ4n) is 8.38. The van der Waals surface area contributed by atoms with Crippen LogP contribution >= 0.6 is 0 Å². The molecule has 0 aromatic heterocycles. The molecule has 0 aromatic rings. The summed E-state index contributed by atoms with van der Waals surface area (Å²) in [5.41, 5.74) is -1.84. The second kappa shape index (κ2) is 12.9. The van der Waals surface area contributed by atoms with Gasteiger partial charge in [-0.05, 0) is 81.8 Å². The van der Waals surface area contributed by atoms with Crippen molar-refractivity contribution in [1.29, 1.82) is 0 Å². The van der Waals surface area contributed by atoms with E-state index >= 15 is 0 Å². The third kappa shape index (κ3) is 6.24. The molecule has 0 heterocycles. The van der Waals surface area contributed by atoms with Gasteiger partial charge in [-0.2, -0.15) is 0 Å². The summed E-state index contributed by atoms with van der Waals surface area (Å²) in [6.07, 6.45) is 12.2. The lowest BCUT2D eigenvalue weighted by Crippen LogP contribution is -2.61. The number of allylic oxidation sites excluding steroid dienone is 4. The molecule has 7 atom stereocenters. The molecule has 4 aliphatic carbocycles. The minimum atomic E-state index is -1.67. The number of Topliss-reactive ketones (excluding diaryl/α,β-unsaturated/α-hetero) is 1. The Hall–Kier alpha value is -2.32. The molecule has 0 saturated heterocycles. The van der Waals surface area contributed by atoms with E-state index in [4.69, 9.17) is 9.47 Å². The van der Waals surface area contributed by atoms with Crippen molar-refractivity contribution >= 4 is 23.5 Å². The van der Waals surface area contributed by atoms with Crippen molar-refractivity contribution in [3.63, 3.8) is 0 Å². The van der Waals surface area contributed by atoms with Gasteiger partial charge in [-0.3, -0.25) is 19.2 Å². The first-order valence-electron chi connectivity index (χ1n) is 15.4. The molecule has 8 nitrogen and oxygen atoms in total. The number of hydrogen-bond acceptors (Lipinski definition) is 8. The SMILES string of the molecule is [CH2]CCCCC(=O)OCCCCCC(=O)OCC(=O)[C@@]1(O)CCC2C3CCC4=CC(=O)C=C[C@]4(C)C3[C@@H](O)C[C@@]21C. The molecule has 227 valence electrons. The van der Waals surface area contributed by atoms with Crippen LogP contribution in [0.5, 0.6) is 0 Å². The molecule has 1 radical (unpaired) electrons. The predicted octanol–water partition coefficient (Wildman–Crippen LogP) is 4.61. The first-order valence-corrected chi connectivity index (χ1v) is 15.4. The number of fused-ring (bicyclic) bond motifs is 5. The van der Waals surface area contributed by atoms with Crippen LogP contribution in [0.15, 0.2) is 23.8 Å². The molecule has 0 amide bonds. The fraction of sp³-hybridized carbons (Fsp3) is 0.727. The van der Waals surface area contributed by atoms with E-state index in [0.29, 0.717) is 38.7 Å². The van der Waals surface area contributed by atoms with E-state index in [0.717, 1.165) is 37.7 Å². The number of ketones is 2. The Morgan fingerprint density at radius 3 is 2.46 bits per heavy atom. The number of ether oxygens (including phenoxy) is 2. The van der Waals surface area contributed by atoms with Crippen molar-refractivity contribution in [3.05, 3.63) is 30.7 Å². The van der Waals surface area contributed by atoms with Crippen LogP contribution in [-0.2, 0) is 28.7 Å². The Kier molecular flexibility index (Phi) is 9.95. The Balaban J connectivity index is 1.26. The number of carbonyl (C=O) groups is 4. The summed E-state index contributed by atoms with van der Waals surface area (Å²) in [5, 5.41) is 23.3. The van der Waals surface area contributed by atoms with Crippen molar-refractivity contribution in [2.24, 2.45) is 28.6 Å². The van der Waals surface area contributed by atoms with Crippen LogP contribution in [0, 0.1) is 35.5 Å². The highest BCUT2D eigenvalue weighted by atomic mass is 16.5. The van der Waals surface area contributed by atoms with Crippen LogP contribution in [-0.4, -0.2) is 58.6 Å². The lowest BCUT2D eigenvalue weighted by Gasteiger charge is -2.59. The third-order valence-corrected chi connectivity index (χ3v) is 10.6. The first kappa shape index (κ1) is 31.6. The van der Waals surface area contributed by atoms with Crippen molar-refractivity contribution in [2.75, 3.05) is 13.2 Å².